The van der Waals surface area contributed by atoms with Gasteiger partial charge in [0.1, 0.15) is 0 Å². The van der Waals surface area contributed by atoms with E-state index in [1.807, 2.05) is 12.1 Å². The van der Waals surface area contributed by atoms with Crippen molar-refractivity contribution in [1.82, 2.24) is 5.32 Å². The standard InChI is InChI=1S/C19H22N2O3S/c1-13-10-18(25(20,23)24)9-8-17(13)12-21-19(22)16-7-6-14-4-2-3-5-15(14)11-16/h6-11H,2-5,12H2,1H3,(H,21,22)(H2,20,23,24). The van der Waals surface area contributed by atoms with Crippen LogP contribution in [0.15, 0.2) is 41.3 Å². The van der Waals surface area contributed by atoms with Crippen molar-refractivity contribution in [2.24, 2.45) is 5.14 Å². The first-order chi connectivity index (χ1) is 11.8. The van der Waals surface area contributed by atoms with Gasteiger partial charge < -0.3 is 5.32 Å². The Hall–Kier alpha value is -2.18. The van der Waals surface area contributed by atoms with Crippen LogP contribution in [0.2, 0.25) is 0 Å². The highest BCUT2D eigenvalue weighted by molar-refractivity contribution is 7.89. The summed E-state index contributed by atoms with van der Waals surface area (Å²) in [6.07, 6.45) is 4.51. The second-order valence-electron chi connectivity index (χ2n) is 6.51. The van der Waals surface area contributed by atoms with Gasteiger partial charge in [-0.2, -0.15) is 0 Å². The van der Waals surface area contributed by atoms with E-state index < -0.39 is 10.0 Å². The minimum Gasteiger partial charge on any atom is -0.348 e. The molecule has 0 spiro atoms. The third-order valence-electron chi connectivity index (χ3n) is 4.69. The van der Waals surface area contributed by atoms with Gasteiger partial charge in [0.2, 0.25) is 10.0 Å². The van der Waals surface area contributed by atoms with Gasteiger partial charge in [0, 0.05) is 12.1 Å². The summed E-state index contributed by atoms with van der Waals surface area (Å²) >= 11 is 0. The molecule has 1 amide bonds. The number of amides is 1. The van der Waals surface area contributed by atoms with Gasteiger partial charge >= 0.3 is 0 Å². The fraction of sp³-hybridized carbons (Fsp3) is 0.316. The van der Waals surface area contributed by atoms with Gasteiger partial charge in [-0.25, -0.2) is 13.6 Å². The van der Waals surface area contributed by atoms with E-state index in [1.54, 1.807) is 13.0 Å². The van der Waals surface area contributed by atoms with Crippen LogP contribution >= 0.6 is 0 Å². The molecule has 0 saturated heterocycles. The summed E-state index contributed by atoms with van der Waals surface area (Å²) in [4.78, 5) is 12.5. The molecule has 0 unspecified atom stereocenters. The van der Waals surface area contributed by atoms with E-state index in [4.69, 9.17) is 5.14 Å². The first kappa shape index (κ1) is 17.6. The molecule has 132 valence electrons. The average molecular weight is 358 g/mol. The lowest BCUT2D eigenvalue weighted by atomic mass is 9.90. The van der Waals surface area contributed by atoms with Crippen molar-refractivity contribution >= 4 is 15.9 Å². The molecule has 0 atom stereocenters. The summed E-state index contributed by atoms with van der Waals surface area (Å²) in [6.45, 7) is 2.14. The molecule has 5 nitrogen and oxygen atoms in total. The number of benzene rings is 2. The fourth-order valence-corrected chi connectivity index (χ4v) is 3.79. The Kier molecular flexibility index (Phi) is 4.92. The summed E-state index contributed by atoms with van der Waals surface area (Å²) in [7, 11) is -3.71. The Morgan fingerprint density at radius 1 is 1.08 bits per heavy atom. The highest BCUT2D eigenvalue weighted by Crippen LogP contribution is 2.22. The molecule has 0 radical (unpaired) electrons. The van der Waals surface area contributed by atoms with E-state index in [0.29, 0.717) is 12.1 Å². The van der Waals surface area contributed by atoms with E-state index in [2.05, 4.69) is 11.4 Å². The Labute approximate surface area is 148 Å². The molecule has 2 aromatic rings. The maximum absolute atomic E-state index is 12.4. The molecule has 3 N–H and O–H groups in total. The highest BCUT2D eigenvalue weighted by atomic mass is 32.2. The van der Waals surface area contributed by atoms with Crippen LogP contribution < -0.4 is 10.5 Å². The van der Waals surface area contributed by atoms with Crippen LogP contribution in [-0.2, 0) is 29.4 Å². The zero-order chi connectivity index (χ0) is 18.0. The molecule has 25 heavy (non-hydrogen) atoms. The highest BCUT2D eigenvalue weighted by Gasteiger charge is 2.14. The summed E-state index contributed by atoms with van der Waals surface area (Å²) in [5.74, 6) is -0.122. The fourth-order valence-electron chi connectivity index (χ4n) is 3.20. The number of carbonyl (C=O) groups is 1. The quantitative estimate of drug-likeness (QED) is 0.880. The van der Waals surface area contributed by atoms with Gasteiger partial charge in [0.05, 0.1) is 4.90 Å². The van der Waals surface area contributed by atoms with Crippen molar-refractivity contribution in [2.45, 2.75) is 44.0 Å². The predicted octanol–water partition coefficient (Wildman–Crippen LogP) is 2.45. The van der Waals surface area contributed by atoms with Gasteiger partial charge in [-0.1, -0.05) is 12.1 Å². The average Bonchev–Trinajstić information content (AvgIpc) is 2.59. The van der Waals surface area contributed by atoms with E-state index >= 15 is 0 Å². The first-order valence-electron chi connectivity index (χ1n) is 8.37. The number of nitrogens with two attached hydrogens (primary N) is 1. The number of carbonyl (C=O) groups excluding carboxylic acids is 1. The molecule has 3 rings (SSSR count). The first-order valence-corrected chi connectivity index (χ1v) is 9.91. The van der Waals surface area contributed by atoms with Crippen LogP contribution in [0.4, 0.5) is 0 Å². The minimum atomic E-state index is -3.71. The maximum atomic E-state index is 12.4. The number of primary sulfonamides is 1. The van der Waals surface area contributed by atoms with Crippen molar-refractivity contribution in [2.75, 3.05) is 0 Å². The molecule has 0 aliphatic heterocycles. The van der Waals surface area contributed by atoms with Crippen LogP contribution in [0.1, 0.15) is 45.5 Å². The lowest BCUT2D eigenvalue weighted by Crippen LogP contribution is -2.24. The van der Waals surface area contributed by atoms with E-state index in [9.17, 15) is 13.2 Å². The number of fused-ring (bicyclic) bond motifs is 1. The lowest BCUT2D eigenvalue weighted by Gasteiger charge is -2.16. The second kappa shape index (κ2) is 6.98. The van der Waals surface area contributed by atoms with Gasteiger partial charge in [0.25, 0.3) is 5.91 Å². The smallest absolute Gasteiger partial charge is 0.251 e. The predicted molar refractivity (Wildman–Crippen MR) is 96.8 cm³/mol. The van der Waals surface area contributed by atoms with Crippen molar-refractivity contribution in [3.8, 4) is 0 Å². The largest absolute Gasteiger partial charge is 0.348 e. The summed E-state index contributed by atoms with van der Waals surface area (Å²) in [5.41, 5.74) is 4.92. The van der Waals surface area contributed by atoms with Crippen LogP contribution in [0, 0.1) is 6.92 Å². The Morgan fingerprint density at radius 2 is 1.80 bits per heavy atom. The monoisotopic (exact) mass is 358 g/mol. The van der Waals surface area contributed by atoms with Crippen LogP contribution in [0.5, 0.6) is 0 Å². The summed E-state index contributed by atoms with van der Waals surface area (Å²) < 4.78 is 22.7. The Balaban J connectivity index is 1.70. The molecule has 0 saturated carbocycles. The zero-order valence-corrected chi connectivity index (χ0v) is 15.0. The molecular weight excluding hydrogens is 336 g/mol. The van der Waals surface area contributed by atoms with Crippen LogP contribution in [-0.4, -0.2) is 14.3 Å². The second-order valence-corrected chi connectivity index (χ2v) is 8.07. The molecule has 0 aromatic heterocycles. The SMILES string of the molecule is Cc1cc(S(N)(=O)=O)ccc1CNC(=O)c1ccc2c(c1)CCCC2. The molecule has 2 aromatic carbocycles. The number of aryl methyl sites for hydroxylation is 3. The van der Waals surface area contributed by atoms with Crippen molar-refractivity contribution in [3.63, 3.8) is 0 Å². The molecule has 6 heteroatoms. The third kappa shape index (κ3) is 4.08. The molecule has 1 aliphatic rings. The normalized spacial score (nSPS) is 14.0. The van der Waals surface area contributed by atoms with Crippen molar-refractivity contribution < 1.29 is 13.2 Å². The Bertz CT molecular complexity index is 920. The molecule has 0 bridgehead atoms. The minimum absolute atomic E-state index is 0.0785. The molecule has 0 heterocycles. The number of nitrogens with one attached hydrogen (secondary N) is 1. The number of sulfonamides is 1. The van der Waals surface area contributed by atoms with Gasteiger partial charge in [-0.05, 0) is 79.1 Å². The van der Waals surface area contributed by atoms with Gasteiger partial charge in [-0.15, -0.1) is 0 Å². The lowest BCUT2D eigenvalue weighted by molar-refractivity contribution is 0.0950. The van der Waals surface area contributed by atoms with Crippen molar-refractivity contribution in [1.29, 1.82) is 0 Å². The van der Waals surface area contributed by atoms with E-state index in [-0.39, 0.29) is 10.8 Å². The van der Waals surface area contributed by atoms with E-state index in [1.165, 1.54) is 36.1 Å². The van der Waals surface area contributed by atoms with Gasteiger partial charge in [-0.3, -0.25) is 4.79 Å². The van der Waals surface area contributed by atoms with E-state index in [0.717, 1.165) is 24.0 Å². The third-order valence-corrected chi connectivity index (χ3v) is 5.60. The summed E-state index contributed by atoms with van der Waals surface area (Å²) in [5, 5.41) is 8.03. The molecule has 1 aliphatic carbocycles. The van der Waals surface area contributed by atoms with Crippen LogP contribution in [0.3, 0.4) is 0 Å². The number of rotatable bonds is 4. The Morgan fingerprint density at radius 3 is 2.48 bits per heavy atom. The zero-order valence-electron chi connectivity index (χ0n) is 14.2. The van der Waals surface area contributed by atoms with Crippen molar-refractivity contribution in [3.05, 3.63) is 64.2 Å². The van der Waals surface area contributed by atoms with Gasteiger partial charge in [0.15, 0.2) is 0 Å². The summed E-state index contributed by atoms with van der Waals surface area (Å²) in [6, 6.07) is 10.6. The maximum Gasteiger partial charge on any atom is 0.251 e. The number of hydrogen-bond acceptors (Lipinski definition) is 3. The number of hydrogen-bond donors (Lipinski definition) is 2. The molecular formula is C19H22N2O3S. The van der Waals surface area contributed by atoms with Crippen LogP contribution in [0.25, 0.3) is 0 Å². The topological polar surface area (TPSA) is 89.3 Å². The molecule has 0 fully saturated rings.